The number of amides is 1. The molecule has 0 fully saturated rings. The highest BCUT2D eigenvalue weighted by Crippen LogP contribution is 2.26. The summed E-state index contributed by atoms with van der Waals surface area (Å²) < 4.78 is 17.9. The van der Waals surface area contributed by atoms with E-state index in [0.717, 1.165) is 21.6 Å². The van der Waals surface area contributed by atoms with E-state index < -0.39 is 5.82 Å². The molecule has 1 aromatic heterocycles. The van der Waals surface area contributed by atoms with Gasteiger partial charge in [0.1, 0.15) is 16.4 Å². The fourth-order valence-corrected chi connectivity index (χ4v) is 2.74. The van der Waals surface area contributed by atoms with Crippen molar-refractivity contribution < 1.29 is 9.18 Å². The predicted octanol–water partition coefficient (Wildman–Crippen LogP) is 4.36. The molecule has 2 aromatic carbocycles. The molecule has 0 radical (unpaired) electrons. The Balaban J connectivity index is 1.88. The fraction of sp³-hybridized carbons (Fsp3) is 0. The average molecular weight is 378 g/mol. The number of carbonyl (C=O) groups excluding carboxylic acids is 1. The number of nitrogens with one attached hydrogen (secondary N) is 1. The summed E-state index contributed by atoms with van der Waals surface area (Å²) in [6, 6.07) is 13.1. The van der Waals surface area contributed by atoms with Gasteiger partial charge >= 0.3 is 0 Å². The van der Waals surface area contributed by atoms with Crippen molar-refractivity contribution in [3.63, 3.8) is 0 Å². The van der Waals surface area contributed by atoms with E-state index >= 15 is 0 Å². The second kappa shape index (κ2) is 6.33. The highest BCUT2D eigenvalue weighted by molar-refractivity contribution is 9.10. The molecule has 7 heteroatoms. The summed E-state index contributed by atoms with van der Waals surface area (Å²) in [5.41, 5.74) is 1.69. The van der Waals surface area contributed by atoms with Crippen molar-refractivity contribution in [1.29, 1.82) is 0 Å². The number of hydrogen-bond donors (Lipinski definition) is 1. The van der Waals surface area contributed by atoms with Crippen LogP contribution in [0.3, 0.4) is 0 Å². The van der Waals surface area contributed by atoms with Crippen LogP contribution in [0.4, 0.5) is 10.1 Å². The lowest BCUT2D eigenvalue weighted by Gasteiger charge is -2.05. The number of benzene rings is 2. The monoisotopic (exact) mass is 377 g/mol. The van der Waals surface area contributed by atoms with Gasteiger partial charge in [-0.1, -0.05) is 38.6 Å². The van der Waals surface area contributed by atoms with Crippen LogP contribution in [0, 0.1) is 5.82 Å². The van der Waals surface area contributed by atoms with Crippen molar-refractivity contribution in [2.75, 3.05) is 5.32 Å². The molecule has 1 N–H and O–H groups in total. The summed E-state index contributed by atoms with van der Waals surface area (Å²) in [6.45, 7) is 0. The van der Waals surface area contributed by atoms with Gasteiger partial charge in [-0.2, -0.15) is 0 Å². The second-order valence-electron chi connectivity index (χ2n) is 4.42. The van der Waals surface area contributed by atoms with Gasteiger partial charge in [-0.05, 0) is 41.9 Å². The number of halogens is 2. The van der Waals surface area contributed by atoms with Crippen LogP contribution in [0.25, 0.3) is 11.3 Å². The number of carbonyl (C=O) groups is 1. The first-order valence-electron chi connectivity index (χ1n) is 6.29. The Labute approximate surface area is 138 Å². The van der Waals surface area contributed by atoms with Gasteiger partial charge in [0.15, 0.2) is 0 Å². The van der Waals surface area contributed by atoms with Crippen LogP contribution in [-0.2, 0) is 0 Å². The van der Waals surface area contributed by atoms with Gasteiger partial charge < -0.3 is 5.32 Å². The molecule has 0 saturated heterocycles. The molecule has 3 rings (SSSR count). The Morgan fingerprint density at radius 3 is 2.68 bits per heavy atom. The standard InChI is InChI=1S/C15H9BrFN3OS/c16-10-6-4-9(5-7-10)13-14(22-20-19-13)15(21)18-12-3-1-2-11(17)8-12/h1-8H,(H,18,21). The van der Waals surface area contributed by atoms with Gasteiger partial charge in [-0.25, -0.2) is 4.39 Å². The lowest BCUT2D eigenvalue weighted by atomic mass is 10.1. The summed E-state index contributed by atoms with van der Waals surface area (Å²) in [4.78, 5) is 12.7. The molecule has 110 valence electrons. The quantitative estimate of drug-likeness (QED) is 0.737. The molecule has 0 saturated carbocycles. The lowest BCUT2D eigenvalue weighted by Crippen LogP contribution is -2.11. The maximum Gasteiger partial charge on any atom is 0.269 e. The number of nitrogens with zero attached hydrogens (tertiary/aromatic N) is 2. The van der Waals surface area contributed by atoms with E-state index in [4.69, 9.17) is 0 Å². The Kier molecular flexibility index (Phi) is 4.26. The fourth-order valence-electron chi connectivity index (χ4n) is 1.89. The average Bonchev–Trinajstić information content (AvgIpc) is 2.97. The minimum absolute atomic E-state index is 0.362. The molecule has 1 heterocycles. The smallest absolute Gasteiger partial charge is 0.269 e. The molecule has 0 aliphatic carbocycles. The number of aromatic nitrogens is 2. The van der Waals surface area contributed by atoms with Crippen LogP contribution >= 0.6 is 27.5 Å². The Morgan fingerprint density at radius 1 is 1.18 bits per heavy atom. The molecule has 4 nitrogen and oxygen atoms in total. The van der Waals surface area contributed by atoms with Gasteiger partial charge in [0.25, 0.3) is 5.91 Å². The van der Waals surface area contributed by atoms with Crippen LogP contribution in [0.2, 0.25) is 0 Å². The first-order chi connectivity index (χ1) is 10.6. The van der Waals surface area contributed by atoms with Crippen molar-refractivity contribution in [1.82, 2.24) is 9.59 Å². The number of rotatable bonds is 3. The van der Waals surface area contributed by atoms with Gasteiger partial charge in [0.2, 0.25) is 0 Å². The third-order valence-corrected chi connectivity index (χ3v) is 4.15. The number of hydrogen-bond acceptors (Lipinski definition) is 4. The molecule has 0 atom stereocenters. The van der Waals surface area contributed by atoms with E-state index in [0.29, 0.717) is 16.3 Å². The van der Waals surface area contributed by atoms with Crippen LogP contribution < -0.4 is 5.32 Å². The van der Waals surface area contributed by atoms with E-state index in [2.05, 4.69) is 30.8 Å². The normalized spacial score (nSPS) is 10.5. The summed E-state index contributed by atoms with van der Waals surface area (Å²) in [6.07, 6.45) is 0. The molecule has 0 bridgehead atoms. The van der Waals surface area contributed by atoms with Crippen LogP contribution in [-0.4, -0.2) is 15.5 Å². The highest BCUT2D eigenvalue weighted by Gasteiger charge is 2.18. The molecule has 0 aliphatic rings. The zero-order valence-corrected chi connectivity index (χ0v) is 13.5. The van der Waals surface area contributed by atoms with Crippen molar-refractivity contribution in [3.05, 3.63) is 63.7 Å². The predicted molar refractivity (Wildman–Crippen MR) is 87.4 cm³/mol. The Morgan fingerprint density at radius 2 is 1.95 bits per heavy atom. The second-order valence-corrected chi connectivity index (χ2v) is 6.09. The zero-order valence-electron chi connectivity index (χ0n) is 11.1. The Hall–Kier alpha value is -2.12. The van der Waals surface area contributed by atoms with Gasteiger partial charge in [-0.15, -0.1) is 5.10 Å². The van der Waals surface area contributed by atoms with E-state index in [1.165, 1.54) is 18.2 Å². The maximum absolute atomic E-state index is 13.2. The first kappa shape index (κ1) is 14.8. The van der Waals surface area contributed by atoms with Gasteiger partial charge in [0.05, 0.1) is 0 Å². The summed E-state index contributed by atoms with van der Waals surface area (Å²) in [7, 11) is 0. The third-order valence-electron chi connectivity index (χ3n) is 2.89. The first-order valence-corrected chi connectivity index (χ1v) is 7.85. The SMILES string of the molecule is O=C(Nc1cccc(F)c1)c1snnc1-c1ccc(Br)cc1. The van der Waals surface area contributed by atoms with Crippen molar-refractivity contribution in [2.45, 2.75) is 0 Å². The topological polar surface area (TPSA) is 54.9 Å². The molecule has 3 aromatic rings. The summed E-state index contributed by atoms with van der Waals surface area (Å²) in [5.74, 6) is -0.771. The molecule has 0 spiro atoms. The molecule has 0 unspecified atom stereocenters. The summed E-state index contributed by atoms with van der Waals surface area (Å²) in [5, 5.41) is 6.66. The van der Waals surface area contributed by atoms with Crippen molar-refractivity contribution in [2.24, 2.45) is 0 Å². The molecular formula is C15H9BrFN3OS. The minimum atomic E-state index is -0.409. The number of anilines is 1. The Bertz CT molecular complexity index is 820. The highest BCUT2D eigenvalue weighted by atomic mass is 79.9. The van der Waals surface area contributed by atoms with Crippen molar-refractivity contribution in [3.8, 4) is 11.3 Å². The van der Waals surface area contributed by atoms with E-state index in [1.807, 2.05) is 24.3 Å². The minimum Gasteiger partial charge on any atom is -0.321 e. The van der Waals surface area contributed by atoms with Crippen molar-refractivity contribution >= 4 is 39.1 Å². The zero-order chi connectivity index (χ0) is 15.5. The van der Waals surface area contributed by atoms with Gasteiger partial charge in [-0.3, -0.25) is 4.79 Å². The van der Waals surface area contributed by atoms with E-state index in [-0.39, 0.29) is 5.91 Å². The van der Waals surface area contributed by atoms with Crippen LogP contribution in [0.15, 0.2) is 53.0 Å². The molecule has 1 amide bonds. The third kappa shape index (κ3) is 3.20. The van der Waals surface area contributed by atoms with Crippen LogP contribution in [0.5, 0.6) is 0 Å². The molecule has 22 heavy (non-hydrogen) atoms. The largest absolute Gasteiger partial charge is 0.321 e. The van der Waals surface area contributed by atoms with Gasteiger partial charge in [0, 0.05) is 15.7 Å². The molecule has 0 aliphatic heterocycles. The van der Waals surface area contributed by atoms with Crippen LogP contribution in [0.1, 0.15) is 9.67 Å². The lowest BCUT2D eigenvalue weighted by molar-refractivity contribution is 0.103. The molecular weight excluding hydrogens is 369 g/mol. The van der Waals surface area contributed by atoms with E-state index in [9.17, 15) is 9.18 Å². The maximum atomic E-state index is 13.2. The van der Waals surface area contributed by atoms with E-state index in [1.54, 1.807) is 6.07 Å². The summed E-state index contributed by atoms with van der Waals surface area (Å²) >= 11 is 4.36.